The molecule has 0 fully saturated rings. The number of nitro groups is 1. The monoisotopic (exact) mass is 354 g/mol. The van der Waals surface area contributed by atoms with E-state index in [2.05, 4.69) is 31.4 Å². The van der Waals surface area contributed by atoms with Crippen molar-refractivity contribution in [1.29, 1.82) is 0 Å². The molecule has 0 spiro atoms. The van der Waals surface area contributed by atoms with Crippen molar-refractivity contribution < 1.29 is 9.45 Å². The topological polar surface area (TPSA) is 94.1 Å². The lowest BCUT2D eigenvalue weighted by atomic mass is 10.2. The van der Waals surface area contributed by atoms with E-state index in [0.717, 1.165) is 0 Å². The summed E-state index contributed by atoms with van der Waals surface area (Å²) in [5.74, 6) is 1.40. The van der Waals surface area contributed by atoms with Gasteiger partial charge in [0.1, 0.15) is 5.69 Å². The lowest BCUT2D eigenvalue weighted by Gasteiger charge is -2.05. The molecule has 1 heterocycles. The number of hydrogen-bond donors (Lipinski definition) is 1. The van der Waals surface area contributed by atoms with E-state index in [1.807, 2.05) is 13.8 Å². The summed E-state index contributed by atoms with van der Waals surface area (Å²) in [6.45, 7) is 4.44. The Morgan fingerprint density at radius 1 is 1.48 bits per heavy atom. The van der Waals surface area contributed by atoms with E-state index in [9.17, 15) is 10.1 Å². The zero-order valence-corrected chi connectivity index (χ0v) is 13.3. The number of nitrogens with one attached hydrogen (secondary N) is 1. The third-order valence-corrected chi connectivity index (χ3v) is 3.30. The number of rotatable bonds is 6. The third-order valence-electron chi connectivity index (χ3n) is 2.81. The Morgan fingerprint density at radius 2 is 2.24 bits per heavy atom. The van der Waals surface area contributed by atoms with Crippen molar-refractivity contribution in [3.8, 4) is 0 Å². The molecule has 2 aromatic rings. The molecule has 1 N–H and O–H groups in total. The number of aromatic nitrogens is 2. The van der Waals surface area contributed by atoms with Gasteiger partial charge in [-0.15, -0.1) is 0 Å². The van der Waals surface area contributed by atoms with Crippen LogP contribution in [0.3, 0.4) is 0 Å². The fraction of sp³-hybridized carbons (Fsp3) is 0.385. The van der Waals surface area contributed by atoms with Crippen LogP contribution in [0.1, 0.15) is 31.5 Å². The van der Waals surface area contributed by atoms with E-state index in [1.165, 1.54) is 6.07 Å². The largest absolute Gasteiger partial charge is 0.379 e. The lowest BCUT2D eigenvalue weighted by Crippen LogP contribution is -2.07. The van der Waals surface area contributed by atoms with Gasteiger partial charge in [-0.05, 0) is 12.1 Å². The first-order valence-electron chi connectivity index (χ1n) is 6.47. The van der Waals surface area contributed by atoms with Crippen molar-refractivity contribution in [3.05, 3.63) is 44.5 Å². The Morgan fingerprint density at radius 3 is 2.86 bits per heavy atom. The molecule has 0 aliphatic carbocycles. The van der Waals surface area contributed by atoms with Crippen molar-refractivity contribution >= 4 is 27.3 Å². The number of hydrogen-bond acceptors (Lipinski definition) is 6. The van der Waals surface area contributed by atoms with Gasteiger partial charge in [-0.25, -0.2) is 0 Å². The van der Waals surface area contributed by atoms with E-state index < -0.39 is 4.92 Å². The molecule has 0 unspecified atom stereocenters. The van der Waals surface area contributed by atoms with Crippen LogP contribution in [-0.4, -0.2) is 21.6 Å². The maximum atomic E-state index is 11.0. The van der Waals surface area contributed by atoms with Crippen molar-refractivity contribution in [1.82, 2.24) is 10.1 Å². The molecule has 1 aromatic carbocycles. The maximum absolute atomic E-state index is 11.0. The van der Waals surface area contributed by atoms with E-state index >= 15 is 0 Å². The quantitative estimate of drug-likeness (QED) is 0.629. The second kappa shape index (κ2) is 6.66. The van der Waals surface area contributed by atoms with Crippen LogP contribution in [0.15, 0.2) is 27.2 Å². The van der Waals surface area contributed by atoms with Crippen molar-refractivity contribution in [3.63, 3.8) is 0 Å². The van der Waals surface area contributed by atoms with Crippen LogP contribution >= 0.6 is 15.9 Å². The van der Waals surface area contributed by atoms with Gasteiger partial charge in [-0.1, -0.05) is 34.9 Å². The fourth-order valence-electron chi connectivity index (χ4n) is 1.71. The van der Waals surface area contributed by atoms with Crippen LogP contribution in [0.4, 0.5) is 11.4 Å². The van der Waals surface area contributed by atoms with Gasteiger partial charge in [0.05, 0.1) is 4.92 Å². The van der Waals surface area contributed by atoms with Crippen LogP contribution in [-0.2, 0) is 6.42 Å². The molecule has 0 radical (unpaired) electrons. The molecule has 112 valence electrons. The predicted molar refractivity (Wildman–Crippen MR) is 81.4 cm³/mol. The van der Waals surface area contributed by atoms with Gasteiger partial charge in [0.25, 0.3) is 5.69 Å². The average Bonchev–Trinajstić information content (AvgIpc) is 2.89. The molecule has 0 saturated carbocycles. The molecular formula is C13H15BrN4O3. The van der Waals surface area contributed by atoms with Crippen molar-refractivity contribution in [2.45, 2.75) is 26.2 Å². The summed E-state index contributed by atoms with van der Waals surface area (Å²) < 4.78 is 5.78. The predicted octanol–water partition coefficient (Wildman–Crippen LogP) is 3.52. The second-order valence-electron chi connectivity index (χ2n) is 4.80. The molecule has 7 nitrogen and oxygen atoms in total. The molecule has 2 rings (SSSR count). The summed E-state index contributed by atoms with van der Waals surface area (Å²) >= 11 is 3.22. The first-order chi connectivity index (χ1) is 9.97. The second-order valence-corrected chi connectivity index (χ2v) is 5.71. The Bertz CT molecular complexity index is 642. The van der Waals surface area contributed by atoms with Gasteiger partial charge < -0.3 is 9.84 Å². The molecular weight excluding hydrogens is 340 g/mol. The molecule has 0 aliphatic heterocycles. The van der Waals surface area contributed by atoms with Crippen LogP contribution in [0.25, 0.3) is 0 Å². The number of anilines is 1. The van der Waals surface area contributed by atoms with Gasteiger partial charge in [-0.3, -0.25) is 10.1 Å². The highest BCUT2D eigenvalue weighted by Gasteiger charge is 2.14. The van der Waals surface area contributed by atoms with E-state index in [0.29, 0.717) is 34.8 Å². The molecule has 0 saturated heterocycles. The van der Waals surface area contributed by atoms with Gasteiger partial charge in [-0.2, -0.15) is 4.98 Å². The highest BCUT2D eigenvalue weighted by Crippen LogP contribution is 2.27. The third kappa shape index (κ3) is 4.01. The number of benzene rings is 1. The van der Waals surface area contributed by atoms with Crippen molar-refractivity contribution in [2.75, 3.05) is 11.9 Å². The Kier molecular flexibility index (Phi) is 4.89. The van der Waals surface area contributed by atoms with Gasteiger partial charge in [0.15, 0.2) is 5.82 Å². The van der Waals surface area contributed by atoms with Gasteiger partial charge in [0.2, 0.25) is 5.89 Å². The summed E-state index contributed by atoms with van der Waals surface area (Å²) in [6.07, 6.45) is 0.507. The Hall–Kier alpha value is -1.96. The van der Waals surface area contributed by atoms with Crippen LogP contribution in [0, 0.1) is 10.1 Å². The molecule has 21 heavy (non-hydrogen) atoms. The highest BCUT2D eigenvalue weighted by atomic mass is 79.9. The molecule has 1 aromatic heterocycles. The van der Waals surface area contributed by atoms with E-state index in [1.54, 1.807) is 12.1 Å². The summed E-state index contributed by atoms with van der Waals surface area (Å²) in [6, 6.07) is 4.88. The highest BCUT2D eigenvalue weighted by molar-refractivity contribution is 9.10. The van der Waals surface area contributed by atoms with Crippen LogP contribution < -0.4 is 5.32 Å². The first kappa shape index (κ1) is 15.4. The summed E-state index contributed by atoms with van der Waals surface area (Å²) in [4.78, 5) is 14.8. The Balaban J connectivity index is 1.98. The molecule has 0 amide bonds. The molecule has 8 heteroatoms. The minimum absolute atomic E-state index is 0.0257. The summed E-state index contributed by atoms with van der Waals surface area (Å²) in [7, 11) is 0. The van der Waals surface area contributed by atoms with Gasteiger partial charge in [0, 0.05) is 29.4 Å². The summed E-state index contributed by atoms with van der Waals surface area (Å²) in [5.41, 5.74) is 0.490. The minimum atomic E-state index is -0.420. The molecule has 0 bridgehead atoms. The van der Waals surface area contributed by atoms with Crippen molar-refractivity contribution in [2.24, 2.45) is 0 Å². The molecule has 0 atom stereocenters. The first-order valence-corrected chi connectivity index (χ1v) is 7.27. The van der Waals surface area contributed by atoms with E-state index in [4.69, 9.17) is 4.52 Å². The zero-order valence-electron chi connectivity index (χ0n) is 11.7. The SMILES string of the molecule is CC(C)c1noc(CCNc2ccc(Br)cc2[N+](=O)[O-])n1. The number of nitrogens with zero attached hydrogens (tertiary/aromatic N) is 3. The maximum Gasteiger partial charge on any atom is 0.293 e. The minimum Gasteiger partial charge on any atom is -0.379 e. The molecule has 0 aliphatic rings. The number of halogens is 1. The standard InChI is InChI=1S/C13H15BrN4O3/c1-8(2)13-16-12(21-17-13)5-6-15-10-4-3-9(14)7-11(10)18(19)20/h3-4,7-8,15H,5-6H2,1-2H3. The fourth-order valence-corrected chi connectivity index (χ4v) is 2.06. The normalized spacial score (nSPS) is 10.9. The van der Waals surface area contributed by atoms with Gasteiger partial charge >= 0.3 is 0 Å². The van der Waals surface area contributed by atoms with Crippen LogP contribution in [0.2, 0.25) is 0 Å². The Labute approximate surface area is 130 Å². The smallest absolute Gasteiger partial charge is 0.293 e. The van der Waals surface area contributed by atoms with Crippen LogP contribution in [0.5, 0.6) is 0 Å². The zero-order chi connectivity index (χ0) is 15.4. The lowest BCUT2D eigenvalue weighted by molar-refractivity contribution is -0.384. The van der Waals surface area contributed by atoms with E-state index in [-0.39, 0.29) is 11.6 Å². The average molecular weight is 355 g/mol. The summed E-state index contributed by atoms with van der Waals surface area (Å²) in [5, 5.41) is 17.9. The number of nitro benzene ring substituents is 1.